The molecule has 38 heavy (non-hydrogen) atoms. The number of aromatic nitrogens is 2. The number of nitrogens with zero attached hydrogens (tertiary/aromatic N) is 3. The van der Waals surface area contributed by atoms with Gasteiger partial charge in [-0.1, -0.05) is 24.3 Å². The van der Waals surface area contributed by atoms with E-state index in [4.69, 9.17) is 4.74 Å². The third-order valence-corrected chi connectivity index (χ3v) is 8.10. The molecule has 3 unspecified atom stereocenters. The number of nitrogens with one attached hydrogen (secondary N) is 2. The molecule has 8 nitrogen and oxygen atoms in total. The van der Waals surface area contributed by atoms with Crippen molar-refractivity contribution in [2.45, 2.75) is 76.3 Å². The summed E-state index contributed by atoms with van der Waals surface area (Å²) in [5.41, 5.74) is 2.02. The molecule has 2 aliphatic heterocycles. The minimum absolute atomic E-state index is 0.0354. The lowest BCUT2D eigenvalue weighted by molar-refractivity contribution is 0.0261. The van der Waals surface area contributed by atoms with E-state index in [9.17, 15) is 9.59 Å². The minimum Gasteiger partial charge on any atom is -0.379 e. The van der Waals surface area contributed by atoms with Crippen LogP contribution < -0.4 is 16.2 Å². The topological polar surface area (TPSA) is 88.5 Å². The number of methoxy groups -OCH3 is 1. The first-order valence-electron chi connectivity index (χ1n) is 13.8. The minimum atomic E-state index is -0.262. The number of piperidine rings is 1. The third kappa shape index (κ3) is 5.67. The zero-order valence-electron chi connectivity index (χ0n) is 22.6. The molecule has 1 aromatic carbocycles. The molecule has 0 saturated carbocycles. The Bertz CT molecular complexity index is 1290. The highest BCUT2D eigenvalue weighted by Gasteiger charge is 2.42. The molecule has 202 valence electrons. The second-order valence-corrected chi connectivity index (χ2v) is 11.0. The first-order valence-corrected chi connectivity index (χ1v) is 13.8. The van der Waals surface area contributed by atoms with Gasteiger partial charge in [0.15, 0.2) is 0 Å². The Balaban J connectivity index is 1.21. The van der Waals surface area contributed by atoms with E-state index in [1.807, 2.05) is 50.4 Å². The van der Waals surface area contributed by atoms with E-state index in [1.165, 1.54) is 0 Å². The number of para-hydroxylation sites is 1. The van der Waals surface area contributed by atoms with E-state index in [2.05, 4.69) is 26.6 Å². The summed E-state index contributed by atoms with van der Waals surface area (Å²) in [6, 6.07) is 14.4. The van der Waals surface area contributed by atoms with Crippen LogP contribution in [-0.2, 0) is 11.3 Å². The zero-order valence-corrected chi connectivity index (χ0v) is 22.6. The monoisotopic (exact) mass is 517 g/mol. The standard InChI is InChI=1S/C30H39N5O3/c1-20(2)35-28-9-5-4-8-22(28)13-27(30(35)37)29(36)33-23-14-24-10-11-25(15-23)34(24)19-26(38-3)18-32-17-21-7-6-12-31-16-21/h4-9,12-13,16,20,23-26,32H,10-11,14-15,17-19H2,1-3H3,(H,33,36). The summed E-state index contributed by atoms with van der Waals surface area (Å²) >= 11 is 0. The van der Waals surface area contributed by atoms with Crippen molar-refractivity contribution < 1.29 is 9.53 Å². The Morgan fingerprint density at radius 2 is 1.89 bits per heavy atom. The van der Waals surface area contributed by atoms with Crippen molar-refractivity contribution in [2.75, 3.05) is 20.2 Å². The number of benzene rings is 1. The van der Waals surface area contributed by atoms with Gasteiger partial charge in [-0.25, -0.2) is 0 Å². The van der Waals surface area contributed by atoms with Crippen molar-refractivity contribution in [2.24, 2.45) is 0 Å². The highest BCUT2D eigenvalue weighted by molar-refractivity contribution is 5.97. The maximum Gasteiger partial charge on any atom is 0.264 e. The van der Waals surface area contributed by atoms with Gasteiger partial charge in [-0.05, 0) is 68.7 Å². The lowest BCUT2D eigenvalue weighted by atomic mass is 9.96. The van der Waals surface area contributed by atoms with Crippen LogP contribution in [0, 0.1) is 0 Å². The van der Waals surface area contributed by atoms with Gasteiger partial charge in [0.25, 0.3) is 11.5 Å². The first-order chi connectivity index (χ1) is 18.4. The van der Waals surface area contributed by atoms with Gasteiger partial charge in [-0.15, -0.1) is 0 Å². The van der Waals surface area contributed by atoms with Crippen molar-refractivity contribution in [3.05, 3.63) is 76.3 Å². The smallest absolute Gasteiger partial charge is 0.264 e. The molecule has 2 aliphatic rings. The average molecular weight is 518 g/mol. The lowest BCUT2D eigenvalue weighted by Crippen LogP contribution is -2.53. The van der Waals surface area contributed by atoms with Crippen molar-refractivity contribution in [3.8, 4) is 0 Å². The molecule has 1 amide bonds. The number of hydrogen-bond acceptors (Lipinski definition) is 6. The number of fused-ring (bicyclic) bond motifs is 3. The maximum atomic E-state index is 13.4. The molecule has 0 radical (unpaired) electrons. The Morgan fingerprint density at radius 3 is 2.58 bits per heavy atom. The molecule has 0 spiro atoms. The summed E-state index contributed by atoms with van der Waals surface area (Å²) in [6.07, 6.45) is 7.81. The highest BCUT2D eigenvalue weighted by atomic mass is 16.5. The SMILES string of the molecule is COC(CNCc1cccnc1)CN1C2CCC1CC(NC(=O)c1cc3ccccc3n(C(C)C)c1=O)C2. The number of pyridine rings is 2. The normalized spacial score (nSPS) is 22.2. The Labute approximate surface area is 224 Å². The molecule has 3 aromatic rings. The largest absolute Gasteiger partial charge is 0.379 e. The van der Waals surface area contributed by atoms with Crippen LogP contribution >= 0.6 is 0 Å². The van der Waals surface area contributed by atoms with Crippen LogP contribution in [0.2, 0.25) is 0 Å². The van der Waals surface area contributed by atoms with Gasteiger partial charge in [0.1, 0.15) is 5.56 Å². The van der Waals surface area contributed by atoms with Gasteiger partial charge >= 0.3 is 0 Å². The van der Waals surface area contributed by atoms with Crippen LogP contribution in [0.4, 0.5) is 0 Å². The molecule has 3 atom stereocenters. The molecule has 5 rings (SSSR count). The third-order valence-electron chi connectivity index (χ3n) is 8.10. The van der Waals surface area contributed by atoms with Crippen molar-refractivity contribution in [1.82, 2.24) is 25.1 Å². The summed E-state index contributed by atoms with van der Waals surface area (Å²) in [6.45, 7) is 6.36. The van der Waals surface area contributed by atoms with Gasteiger partial charge in [0, 0.05) is 63.3 Å². The zero-order chi connectivity index (χ0) is 26.6. The first kappa shape index (κ1) is 26.5. The fourth-order valence-corrected chi connectivity index (χ4v) is 6.25. The molecule has 2 fully saturated rings. The van der Waals surface area contributed by atoms with Crippen LogP contribution in [0.5, 0.6) is 0 Å². The fourth-order valence-electron chi connectivity index (χ4n) is 6.25. The van der Waals surface area contributed by atoms with E-state index < -0.39 is 0 Å². The Morgan fingerprint density at radius 1 is 1.13 bits per heavy atom. The second-order valence-electron chi connectivity index (χ2n) is 11.0. The number of carbonyl (C=O) groups is 1. The van der Waals surface area contributed by atoms with E-state index in [0.717, 1.165) is 61.8 Å². The molecule has 4 heterocycles. The number of hydrogen-bond donors (Lipinski definition) is 2. The van der Waals surface area contributed by atoms with E-state index in [0.29, 0.717) is 12.1 Å². The molecular formula is C30H39N5O3. The van der Waals surface area contributed by atoms with Crippen LogP contribution in [0.25, 0.3) is 10.9 Å². The summed E-state index contributed by atoms with van der Waals surface area (Å²) < 4.78 is 7.54. The molecule has 0 aliphatic carbocycles. The average Bonchev–Trinajstić information content (AvgIpc) is 3.14. The lowest BCUT2D eigenvalue weighted by Gasteiger charge is -2.40. The van der Waals surface area contributed by atoms with Crippen LogP contribution in [-0.4, -0.2) is 64.8 Å². The van der Waals surface area contributed by atoms with Gasteiger partial charge in [-0.2, -0.15) is 0 Å². The Hall–Kier alpha value is -3.07. The molecule has 2 aromatic heterocycles. The van der Waals surface area contributed by atoms with Gasteiger partial charge in [0.05, 0.1) is 11.6 Å². The molecule has 2 bridgehead atoms. The van der Waals surface area contributed by atoms with Crippen LogP contribution in [0.3, 0.4) is 0 Å². The van der Waals surface area contributed by atoms with Gasteiger partial charge in [-0.3, -0.25) is 19.5 Å². The molecule has 2 saturated heterocycles. The Kier molecular flexibility index (Phi) is 8.21. The second kappa shape index (κ2) is 11.8. The number of carbonyl (C=O) groups excluding carboxylic acids is 1. The fraction of sp³-hybridized carbons (Fsp3) is 0.500. The summed E-state index contributed by atoms with van der Waals surface area (Å²) in [7, 11) is 1.78. The summed E-state index contributed by atoms with van der Waals surface area (Å²) in [4.78, 5) is 33.4. The molecule has 2 N–H and O–H groups in total. The van der Waals surface area contributed by atoms with Crippen molar-refractivity contribution in [3.63, 3.8) is 0 Å². The quantitative estimate of drug-likeness (QED) is 0.428. The predicted molar refractivity (Wildman–Crippen MR) is 149 cm³/mol. The van der Waals surface area contributed by atoms with E-state index >= 15 is 0 Å². The van der Waals surface area contributed by atoms with Crippen LogP contribution in [0.1, 0.15) is 61.5 Å². The summed E-state index contributed by atoms with van der Waals surface area (Å²) in [5, 5.41) is 7.62. The van der Waals surface area contributed by atoms with E-state index in [-0.39, 0.29) is 35.2 Å². The number of amides is 1. The number of rotatable bonds is 10. The predicted octanol–water partition coefficient (Wildman–Crippen LogP) is 3.51. The highest BCUT2D eigenvalue weighted by Crippen LogP contribution is 2.36. The van der Waals surface area contributed by atoms with Crippen molar-refractivity contribution in [1.29, 1.82) is 0 Å². The molecular weight excluding hydrogens is 478 g/mol. The van der Waals surface area contributed by atoms with Gasteiger partial charge in [0.2, 0.25) is 0 Å². The van der Waals surface area contributed by atoms with E-state index in [1.54, 1.807) is 23.9 Å². The summed E-state index contributed by atoms with van der Waals surface area (Å²) in [5.74, 6) is -0.262. The van der Waals surface area contributed by atoms with Crippen molar-refractivity contribution >= 4 is 16.8 Å². The maximum absolute atomic E-state index is 13.4. The number of ether oxygens (including phenoxy) is 1. The molecule has 8 heteroatoms. The van der Waals surface area contributed by atoms with Crippen LogP contribution in [0.15, 0.2) is 59.7 Å². The van der Waals surface area contributed by atoms with Gasteiger partial charge < -0.3 is 19.9 Å².